The molecule has 0 heterocycles. The zero-order valence-corrected chi connectivity index (χ0v) is 10.5. The van der Waals surface area contributed by atoms with Crippen LogP contribution in [0.25, 0.3) is 0 Å². The Morgan fingerprint density at radius 1 is 1.41 bits per heavy atom. The SMILES string of the molecule is C=CCOc1ccccc1CNC1(C)CCC1. The van der Waals surface area contributed by atoms with Crippen LogP contribution in [0.4, 0.5) is 0 Å². The molecule has 1 aliphatic carbocycles. The quantitative estimate of drug-likeness (QED) is 0.759. The van der Waals surface area contributed by atoms with Gasteiger partial charge in [-0.1, -0.05) is 30.9 Å². The second-order valence-corrected chi connectivity index (χ2v) is 4.98. The standard InChI is InChI=1S/C15H21NO/c1-3-11-17-14-8-5-4-7-13(14)12-16-15(2)9-6-10-15/h3-5,7-8,16H,1,6,9-12H2,2H3. The van der Waals surface area contributed by atoms with Gasteiger partial charge in [0.25, 0.3) is 0 Å². The van der Waals surface area contributed by atoms with Gasteiger partial charge in [0.15, 0.2) is 0 Å². The number of hydrogen-bond donors (Lipinski definition) is 1. The minimum absolute atomic E-state index is 0.339. The second kappa shape index (κ2) is 5.37. The first-order valence-electron chi connectivity index (χ1n) is 6.30. The molecule has 0 atom stereocenters. The molecule has 1 aromatic carbocycles. The van der Waals surface area contributed by atoms with Crippen molar-refractivity contribution in [2.24, 2.45) is 0 Å². The Morgan fingerprint density at radius 2 is 2.18 bits per heavy atom. The van der Waals surface area contributed by atoms with Crippen molar-refractivity contribution in [3.63, 3.8) is 0 Å². The highest BCUT2D eigenvalue weighted by Crippen LogP contribution is 2.31. The molecule has 2 heteroatoms. The third-order valence-corrected chi connectivity index (χ3v) is 3.49. The lowest BCUT2D eigenvalue weighted by Crippen LogP contribution is -2.47. The zero-order valence-electron chi connectivity index (χ0n) is 10.5. The molecule has 0 bridgehead atoms. The fourth-order valence-corrected chi connectivity index (χ4v) is 2.13. The van der Waals surface area contributed by atoms with E-state index in [1.165, 1.54) is 24.8 Å². The van der Waals surface area contributed by atoms with Gasteiger partial charge in [-0.25, -0.2) is 0 Å². The fourth-order valence-electron chi connectivity index (χ4n) is 2.13. The highest BCUT2D eigenvalue weighted by atomic mass is 16.5. The van der Waals surface area contributed by atoms with Crippen LogP contribution in [-0.2, 0) is 6.54 Å². The molecule has 1 fully saturated rings. The largest absolute Gasteiger partial charge is 0.489 e. The van der Waals surface area contributed by atoms with Crippen molar-refractivity contribution in [3.05, 3.63) is 42.5 Å². The predicted molar refractivity (Wildman–Crippen MR) is 71.2 cm³/mol. The summed E-state index contributed by atoms with van der Waals surface area (Å²) in [5, 5.41) is 3.62. The van der Waals surface area contributed by atoms with Crippen LogP contribution in [0.5, 0.6) is 5.75 Å². The molecule has 17 heavy (non-hydrogen) atoms. The van der Waals surface area contributed by atoms with Crippen LogP contribution in [0.3, 0.4) is 0 Å². The first-order chi connectivity index (χ1) is 8.23. The van der Waals surface area contributed by atoms with E-state index >= 15 is 0 Å². The van der Waals surface area contributed by atoms with Crippen molar-refractivity contribution in [3.8, 4) is 5.75 Å². The molecule has 1 aromatic rings. The number of para-hydroxylation sites is 1. The maximum atomic E-state index is 5.65. The van der Waals surface area contributed by atoms with E-state index in [-0.39, 0.29) is 0 Å². The molecule has 1 N–H and O–H groups in total. The molecule has 0 unspecified atom stereocenters. The lowest BCUT2D eigenvalue weighted by Gasteiger charge is -2.39. The van der Waals surface area contributed by atoms with Crippen LogP contribution in [0.1, 0.15) is 31.7 Å². The highest BCUT2D eigenvalue weighted by Gasteiger charge is 2.30. The lowest BCUT2D eigenvalue weighted by atomic mass is 9.78. The molecular weight excluding hydrogens is 210 g/mol. The van der Waals surface area contributed by atoms with Crippen molar-refractivity contribution in [1.82, 2.24) is 5.32 Å². The van der Waals surface area contributed by atoms with Crippen molar-refractivity contribution >= 4 is 0 Å². The lowest BCUT2D eigenvalue weighted by molar-refractivity contribution is 0.205. The van der Waals surface area contributed by atoms with E-state index in [1.54, 1.807) is 6.08 Å². The number of hydrogen-bond acceptors (Lipinski definition) is 2. The average Bonchev–Trinajstić information content (AvgIpc) is 2.32. The smallest absolute Gasteiger partial charge is 0.124 e. The summed E-state index contributed by atoms with van der Waals surface area (Å²) in [6.07, 6.45) is 5.68. The molecule has 0 spiro atoms. The molecule has 0 aliphatic heterocycles. The summed E-state index contributed by atoms with van der Waals surface area (Å²) in [6.45, 7) is 7.41. The molecule has 0 aromatic heterocycles. The van der Waals surface area contributed by atoms with Gasteiger partial charge in [-0.15, -0.1) is 0 Å². The van der Waals surface area contributed by atoms with Gasteiger partial charge in [0.2, 0.25) is 0 Å². The van der Waals surface area contributed by atoms with E-state index in [9.17, 15) is 0 Å². The zero-order chi connectivity index (χ0) is 12.1. The molecular formula is C15H21NO. The van der Waals surface area contributed by atoms with Crippen LogP contribution in [0.2, 0.25) is 0 Å². The van der Waals surface area contributed by atoms with Crippen LogP contribution < -0.4 is 10.1 Å². The fraction of sp³-hybridized carbons (Fsp3) is 0.467. The van der Waals surface area contributed by atoms with Crippen LogP contribution in [0, 0.1) is 0 Å². The van der Waals surface area contributed by atoms with Gasteiger partial charge in [0.1, 0.15) is 12.4 Å². The minimum Gasteiger partial charge on any atom is -0.489 e. The van der Waals surface area contributed by atoms with E-state index in [4.69, 9.17) is 4.74 Å². The number of nitrogens with one attached hydrogen (secondary N) is 1. The molecule has 0 amide bonds. The predicted octanol–water partition coefficient (Wildman–Crippen LogP) is 3.28. The maximum Gasteiger partial charge on any atom is 0.124 e. The summed E-state index contributed by atoms with van der Waals surface area (Å²) in [6, 6.07) is 8.20. The van der Waals surface area contributed by atoms with E-state index in [0.717, 1.165) is 12.3 Å². The molecule has 2 nitrogen and oxygen atoms in total. The highest BCUT2D eigenvalue weighted by molar-refractivity contribution is 5.33. The van der Waals surface area contributed by atoms with Crippen LogP contribution in [-0.4, -0.2) is 12.1 Å². The third kappa shape index (κ3) is 3.10. The van der Waals surface area contributed by atoms with Gasteiger partial charge in [-0.2, -0.15) is 0 Å². The summed E-state index contributed by atoms with van der Waals surface area (Å²) >= 11 is 0. The van der Waals surface area contributed by atoms with E-state index in [1.807, 2.05) is 12.1 Å². The second-order valence-electron chi connectivity index (χ2n) is 4.98. The Balaban J connectivity index is 1.96. The summed E-state index contributed by atoms with van der Waals surface area (Å²) in [5.41, 5.74) is 1.56. The normalized spacial score (nSPS) is 17.2. The summed E-state index contributed by atoms with van der Waals surface area (Å²) in [5.74, 6) is 0.961. The van der Waals surface area contributed by atoms with Crippen LogP contribution in [0.15, 0.2) is 36.9 Å². The Morgan fingerprint density at radius 3 is 2.82 bits per heavy atom. The molecule has 1 aliphatic rings. The Labute approximate surface area is 104 Å². The van der Waals surface area contributed by atoms with Gasteiger partial charge in [-0.05, 0) is 32.3 Å². The summed E-state index contributed by atoms with van der Waals surface area (Å²) < 4.78 is 5.65. The van der Waals surface area contributed by atoms with Crippen LogP contribution >= 0.6 is 0 Å². The van der Waals surface area contributed by atoms with Gasteiger partial charge in [0.05, 0.1) is 0 Å². The van der Waals surface area contributed by atoms with Crippen molar-refractivity contribution < 1.29 is 4.74 Å². The Kier molecular flexibility index (Phi) is 3.85. The van der Waals surface area contributed by atoms with E-state index in [0.29, 0.717) is 12.1 Å². The van der Waals surface area contributed by atoms with Crippen molar-refractivity contribution in [2.75, 3.05) is 6.61 Å². The number of ether oxygens (including phenoxy) is 1. The Hall–Kier alpha value is -1.28. The van der Waals surface area contributed by atoms with E-state index < -0.39 is 0 Å². The summed E-state index contributed by atoms with van der Waals surface area (Å²) in [4.78, 5) is 0. The molecule has 2 rings (SSSR count). The summed E-state index contributed by atoms with van der Waals surface area (Å²) in [7, 11) is 0. The molecule has 0 radical (unpaired) electrons. The molecule has 92 valence electrons. The minimum atomic E-state index is 0.339. The Bertz CT molecular complexity index is 382. The first-order valence-corrected chi connectivity index (χ1v) is 6.30. The average molecular weight is 231 g/mol. The van der Waals surface area contributed by atoms with Gasteiger partial charge < -0.3 is 10.1 Å². The van der Waals surface area contributed by atoms with Crippen molar-refractivity contribution in [1.29, 1.82) is 0 Å². The third-order valence-electron chi connectivity index (χ3n) is 3.49. The molecule has 0 saturated heterocycles. The maximum absolute atomic E-state index is 5.65. The molecule has 1 saturated carbocycles. The number of rotatable bonds is 6. The first kappa shape index (κ1) is 12.2. The number of benzene rings is 1. The van der Waals surface area contributed by atoms with Crippen molar-refractivity contribution in [2.45, 2.75) is 38.3 Å². The van der Waals surface area contributed by atoms with Gasteiger partial charge in [0, 0.05) is 17.6 Å². The topological polar surface area (TPSA) is 21.3 Å². The van der Waals surface area contributed by atoms with Gasteiger partial charge in [-0.3, -0.25) is 0 Å². The van der Waals surface area contributed by atoms with Gasteiger partial charge >= 0.3 is 0 Å². The van der Waals surface area contributed by atoms with E-state index in [2.05, 4.69) is 31.0 Å². The monoisotopic (exact) mass is 231 g/mol.